The van der Waals surface area contributed by atoms with Crippen molar-refractivity contribution in [1.29, 1.82) is 0 Å². The van der Waals surface area contributed by atoms with Crippen molar-refractivity contribution >= 4 is 34.7 Å². The molecular weight excluding hydrogens is 428 g/mol. The molecule has 4 aromatic rings. The van der Waals surface area contributed by atoms with Crippen molar-refractivity contribution in [1.82, 2.24) is 9.38 Å². The van der Waals surface area contributed by atoms with Gasteiger partial charge in [0.1, 0.15) is 18.0 Å². The molecule has 162 valence electrons. The number of nitrogens with zero attached hydrogens (tertiary/aromatic N) is 2. The summed E-state index contributed by atoms with van der Waals surface area (Å²) in [5.74, 6) is 0.591. The molecule has 0 fully saturated rings. The molecule has 0 unspecified atom stereocenters. The summed E-state index contributed by atoms with van der Waals surface area (Å²) in [6.45, 7) is 3.94. The summed E-state index contributed by atoms with van der Waals surface area (Å²) in [4.78, 5) is 29.0. The summed E-state index contributed by atoms with van der Waals surface area (Å²) in [6.07, 6.45) is 1.71. The van der Waals surface area contributed by atoms with Gasteiger partial charge >= 0.3 is 6.03 Å². The van der Waals surface area contributed by atoms with Crippen molar-refractivity contribution in [3.63, 3.8) is 0 Å². The van der Waals surface area contributed by atoms with Crippen molar-refractivity contribution < 1.29 is 9.53 Å². The predicted octanol–water partition coefficient (Wildman–Crippen LogP) is 5.19. The quantitative estimate of drug-likeness (QED) is 0.440. The Hall–Kier alpha value is -3.84. The van der Waals surface area contributed by atoms with E-state index in [1.165, 1.54) is 10.5 Å². The second kappa shape index (κ2) is 9.11. The standard InChI is InChI=1S/C24H21ClN4O3/c1-15-10-11-29-22(12-15)26-18(13-23(29)30)14-32-19-8-6-17(7-9-19)27-24(31)28-21-5-3-4-20(25)16(21)2/h3-13H,14H2,1-2H3,(H2,27,28,31). The minimum absolute atomic E-state index is 0.154. The minimum atomic E-state index is -0.375. The lowest BCUT2D eigenvalue weighted by Crippen LogP contribution is -2.20. The topological polar surface area (TPSA) is 84.7 Å². The molecule has 0 radical (unpaired) electrons. The lowest BCUT2D eigenvalue weighted by Gasteiger charge is -2.11. The van der Waals surface area contributed by atoms with Gasteiger partial charge < -0.3 is 15.4 Å². The number of amides is 2. The van der Waals surface area contributed by atoms with Crippen LogP contribution in [-0.2, 0) is 6.61 Å². The Morgan fingerprint density at radius 3 is 2.62 bits per heavy atom. The molecular formula is C24H21ClN4O3. The van der Waals surface area contributed by atoms with Crippen LogP contribution in [0.4, 0.5) is 16.2 Å². The van der Waals surface area contributed by atoms with Crippen LogP contribution in [0.1, 0.15) is 16.8 Å². The van der Waals surface area contributed by atoms with Crippen LogP contribution in [0, 0.1) is 13.8 Å². The summed E-state index contributed by atoms with van der Waals surface area (Å²) in [7, 11) is 0. The zero-order valence-corrected chi connectivity index (χ0v) is 18.3. The number of aryl methyl sites for hydroxylation is 1. The molecule has 2 aromatic heterocycles. The van der Waals surface area contributed by atoms with Crippen molar-refractivity contribution in [2.75, 3.05) is 10.6 Å². The number of nitrogens with one attached hydrogen (secondary N) is 2. The highest BCUT2D eigenvalue weighted by molar-refractivity contribution is 6.31. The van der Waals surface area contributed by atoms with Crippen LogP contribution in [0.3, 0.4) is 0 Å². The molecule has 0 saturated heterocycles. The molecule has 0 aliphatic rings. The number of benzene rings is 2. The Labute approximate surface area is 189 Å². The number of aromatic nitrogens is 2. The Balaban J connectivity index is 1.38. The number of fused-ring (bicyclic) bond motifs is 1. The number of ether oxygens (including phenoxy) is 1. The van der Waals surface area contributed by atoms with Gasteiger partial charge in [0.2, 0.25) is 0 Å². The Morgan fingerprint density at radius 1 is 1.06 bits per heavy atom. The number of anilines is 2. The highest BCUT2D eigenvalue weighted by Crippen LogP contribution is 2.23. The summed E-state index contributed by atoms with van der Waals surface area (Å²) < 4.78 is 7.25. The number of hydrogen-bond acceptors (Lipinski definition) is 4. The van der Waals surface area contributed by atoms with E-state index in [1.807, 2.05) is 26.0 Å². The van der Waals surface area contributed by atoms with Crippen molar-refractivity contribution in [3.8, 4) is 5.75 Å². The number of halogens is 1. The fourth-order valence-electron chi connectivity index (χ4n) is 3.15. The fraction of sp³-hybridized carbons (Fsp3) is 0.125. The Morgan fingerprint density at radius 2 is 1.84 bits per heavy atom. The second-order valence-corrected chi connectivity index (χ2v) is 7.73. The van der Waals surface area contributed by atoms with Crippen LogP contribution < -0.4 is 20.9 Å². The van der Waals surface area contributed by atoms with Gasteiger partial charge in [-0.1, -0.05) is 17.7 Å². The van der Waals surface area contributed by atoms with E-state index in [9.17, 15) is 9.59 Å². The first-order valence-electron chi connectivity index (χ1n) is 9.94. The first-order chi connectivity index (χ1) is 15.4. The monoisotopic (exact) mass is 448 g/mol. The van der Waals surface area contributed by atoms with Crippen LogP contribution in [0.5, 0.6) is 5.75 Å². The van der Waals surface area contributed by atoms with Gasteiger partial charge in [-0.05, 0) is 73.5 Å². The molecule has 0 aliphatic carbocycles. The van der Waals surface area contributed by atoms with E-state index in [0.29, 0.717) is 33.5 Å². The highest BCUT2D eigenvalue weighted by atomic mass is 35.5. The van der Waals surface area contributed by atoms with E-state index in [2.05, 4.69) is 15.6 Å². The summed E-state index contributed by atoms with van der Waals surface area (Å²) >= 11 is 6.08. The summed E-state index contributed by atoms with van der Waals surface area (Å²) in [5.41, 5.74) is 4.03. The lowest BCUT2D eigenvalue weighted by molar-refractivity contribution is 0.262. The Bertz CT molecular complexity index is 1350. The van der Waals surface area contributed by atoms with Gasteiger partial charge in [0, 0.05) is 28.7 Å². The number of carbonyl (C=O) groups is 1. The normalized spacial score (nSPS) is 10.7. The molecule has 2 aromatic carbocycles. The molecule has 0 atom stereocenters. The minimum Gasteiger partial charge on any atom is -0.487 e. The SMILES string of the molecule is Cc1ccn2c(=O)cc(COc3ccc(NC(=O)Nc4cccc(Cl)c4C)cc3)nc2c1. The van der Waals surface area contributed by atoms with E-state index < -0.39 is 0 Å². The third kappa shape index (κ3) is 4.90. The van der Waals surface area contributed by atoms with Gasteiger partial charge in [-0.3, -0.25) is 9.20 Å². The van der Waals surface area contributed by atoms with Crippen LogP contribution in [-0.4, -0.2) is 15.4 Å². The molecule has 7 nitrogen and oxygen atoms in total. The van der Waals surface area contributed by atoms with Gasteiger partial charge in [-0.15, -0.1) is 0 Å². The van der Waals surface area contributed by atoms with Crippen LogP contribution in [0.25, 0.3) is 5.65 Å². The van der Waals surface area contributed by atoms with E-state index in [1.54, 1.807) is 48.7 Å². The highest BCUT2D eigenvalue weighted by Gasteiger charge is 2.08. The van der Waals surface area contributed by atoms with E-state index in [0.717, 1.165) is 11.1 Å². The molecule has 32 heavy (non-hydrogen) atoms. The molecule has 0 aliphatic heterocycles. The molecule has 2 heterocycles. The first kappa shape index (κ1) is 21.4. The maximum atomic E-state index is 12.3. The molecule has 0 spiro atoms. The molecule has 2 N–H and O–H groups in total. The smallest absolute Gasteiger partial charge is 0.323 e. The summed E-state index contributed by atoms with van der Waals surface area (Å²) in [6, 6.07) is 17.0. The van der Waals surface area contributed by atoms with Crippen molar-refractivity contribution in [2.24, 2.45) is 0 Å². The molecule has 0 saturated carbocycles. The van der Waals surface area contributed by atoms with Gasteiger partial charge in [0.15, 0.2) is 0 Å². The van der Waals surface area contributed by atoms with Crippen LogP contribution >= 0.6 is 11.6 Å². The number of pyridine rings is 1. The fourth-order valence-corrected chi connectivity index (χ4v) is 3.32. The maximum Gasteiger partial charge on any atom is 0.323 e. The van der Waals surface area contributed by atoms with Crippen LogP contribution in [0.15, 0.2) is 71.7 Å². The van der Waals surface area contributed by atoms with Crippen molar-refractivity contribution in [3.05, 3.63) is 99.1 Å². The number of rotatable bonds is 5. The van der Waals surface area contributed by atoms with E-state index in [4.69, 9.17) is 16.3 Å². The number of urea groups is 1. The maximum absolute atomic E-state index is 12.3. The van der Waals surface area contributed by atoms with Gasteiger partial charge in [0.25, 0.3) is 5.56 Å². The molecule has 2 amide bonds. The average Bonchev–Trinajstić information content (AvgIpc) is 2.76. The summed E-state index contributed by atoms with van der Waals surface area (Å²) in [5, 5.41) is 6.13. The third-order valence-electron chi connectivity index (χ3n) is 4.89. The van der Waals surface area contributed by atoms with Gasteiger partial charge in [-0.2, -0.15) is 0 Å². The van der Waals surface area contributed by atoms with Gasteiger partial charge in [0.05, 0.1) is 5.69 Å². The largest absolute Gasteiger partial charge is 0.487 e. The second-order valence-electron chi connectivity index (χ2n) is 7.32. The zero-order valence-electron chi connectivity index (χ0n) is 17.6. The zero-order chi connectivity index (χ0) is 22.7. The third-order valence-corrected chi connectivity index (χ3v) is 5.30. The Kier molecular flexibility index (Phi) is 6.09. The lowest BCUT2D eigenvalue weighted by atomic mass is 10.2. The predicted molar refractivity (Wildman–Crippen MR) is 126 cm³/mol. The van der Waals surface area contributed by atoms with E-state index in [-0.39, 0.29) is 18.2 Å². The first-order valence-corrected chi connectivity index (χ1v) is 10.3. The van der Waals surface area contributed by atoms with Crippen molar-refractivity contribution in [2.45, 2.75) is 20.5 Å². The van der Waals surface area contributed by atoms with Crippen LogP contribution in [0.2, 0.25) is 5.02 Å². The average molecular weight is 449 g/mol. The molecule has 4 rings (SSSR count). The van der Waals surface area contributed by atoms with Gasteiger partial charge in [-0.25, -0.2) is 9.78 Å². The number of hydrogen-bond donors (Lipinski definition) is 2. The number of carbonyl (C=O) groups excluding carboxylic acids is 1. The molecule has 8 heteroatoms. The van der Waals surface area contributed by atoms with E-state index >= 15 is 0 Å². The molecule has 0 bridgehead atoms.